The van der Waals surface area contributed by atoms with E-state index in [0.29, 0.717) is 41.9 Å². The van der Waals surface area contributed by atoms with Crippen molar-refractivity contribution in [3.05, 3.63) is 59.7 Å². The highest BCUT2D eigenvalue weighted by Crippen LogP contribution is 2.29. The fourth-order valence-corrected chi connectivity index (χ4v) is 2.78. The Morgan fingerprint density at radius 3 is 2.59 bits per heavy atom. The standard InChI is InChI=1S/C26H33NO5/c1-5-6-15-32-26(29)21-8-7-9-22(18-21)27-25(28)13-11-20-10-12-23(24(17-20)30-4)31-16-14-19(2)3/h7-13,17-19H,5-6,14-16H2,1-4H3,(H,27,28)/b13-11+. The molecule has 1 N–H and O–H groups in total. The molecule has 0 saturated carbocycles. The van der Waals surface area contributed by atoms with E-state index in [1.165, 1.54) is 6.08 Å². The molecule has 0 radical (unpaired) electrons. The van der Waals surface area contributed by atoms with Crippen molar-refractivity contribution >= 4 is 23.6 Å². The van der Waals surface area contributed by atoms with E-state index in [9.17, 15) is 9.59 Å². The largest absolute Gasteiger partial charge is 0.493 e. The lowest BCUT2D eigenvalue weighted by atomic mass is 10.1. The minimum absolute atomic E-state index is 0.308. The molecule has 0 bridgehead atoms. The van der Waals surface area contributed by atoms with E-state index >= 15 is 0 Å². The Kier molecular flexibility index (Phi) is 10.3. The molecular weight excluding hydrogens is 406 g/mol. The molecule has 2 aromatic rings. The maximum Gasteiger partial charge on any atom is 0.338 e. The highest BCUT2D eigenvalue weighted by Gasteiger charge is 2.09. The molecule has 32 heavy (non-hydrogen) atoms. The molecule has 6 nitrogen and oxygen atoms in total. The van der Waals surface area contributed by atoms with Gasteiger partial charge in [-0.1, -0.05) is 39.3 Å². The molecule has 0 aliphatic carbocycles. The van der Waals surface area contributed by atoms with Gasteiger partial charge in [0.25, 0.3) is 0 Å². The average Bonchev–Trinajstić information content (AvgIpc) is 2.78. The maximum absolute atomic E-state index is 12.3. The molecule has 1 amide bonds. The van der Waals surface area contributed by atoms with Crippen LogP contribution < -0.4 is 14.8 Å². The van der Waals surface area contributed by atoms with Crippen LogP contribution in [0.5, 0.6) is 11.5 Å². The van der Waals surface area contributed by atoms with E-state index in [-0.39, 0.29) is 5.91 Å². The number of carbonyl (C=O) groups excluding carboxylic acids is 2. The Balaban J connectivity index is 1.97. The zero-order valence-electron chi connectivity index (χ0n) is 19.4. The number of esters is 1. The molecule has 0 atom stereocenters. The highest BCUT2D eigenvalue weighted by molar-refractivity contribution is 6.02. The summed E-state index contributed by atoms with van der Waals surface area (Å²) in [6.45, 7) is 7.34. The Bertz CT molecular complexity index is 920. The number of nitrogens with one attached hydrogen (secondary N) is 1. The topological polar surface area (TPSA) is 73.9 Å². The molecule has 0 fully saturated rings. The fraction of sp³-hybridized carbons (Fsp3) is 0.385. The van der Waals surface area contributed by atoms with Crippen molar-refractivity contribution < 1.29 is 23.8 Å². The van der Waals surface area contributed by atoms with Crippen LogP contribution in [0.2, 0.25) is 0 Å². The Morgan fingerprint density at radius 2 is 1.88 bits per heavy atom. The predicted octanol–water partition coefficient (Wildman–Crippen LogP) is 5.73. The summed E-state index contributed by atoms with van der Waals surface area (Å²) >= 11 is 0. The van der Waals surface area contributed by atoms with E-state index in [1.807, 2.05) is 25.1 Å². The molecule has 2 aromatic carbocycles. The average molecular weight is 440 g/mol. The molecule has 0 saturated heterocycles. The summed E-state index contributed by atoms with van der Waals surface area (Å²) in [4.78, 5) is 24.4. The number of methoxy groups -OCH3 is 1. The third-order valence-electron chi connectivity index (χ3n) is 4.66. The molecule has 2 rings (SSSR count). The fourth-order valence-electron chi connectivity index (χ4n) is 2.78. The summed E-state index contributed by atoms with van der Waals surface area (Å²) in [5.74, 6) is 1.16. The van der Waals surface area contributed by atoms with Crippen molar-refractivity contribution in [2.45, 2.75) is 40.0 Å². The van der Waals surface area contributed by atoms with Crippen LogP contribution in [0.3, 0.4) is 0 Å². The lowest BCUT2D eigenvalue weighted by Crippen LogP contribution is -2.10. The van der Waals surface area contributed by atoms with Crippen LogP contribution in [0.15, 0.2) is 48.5 Å². The number of hydrogen-bond donors (Lipinski definition) is 1. The zero-order chi connectivity index (χ0) is 23.3. The number of benzene rings is 2. The third-order valence-corrected chi connectivity index (χ3v) is 4.66. The van der Waals surface area contributed by atoms with Gasteiger partial charge in [-0.05, 0) is 60.7 Å². The van der Waals surface area contributed by atoms with Gasteiger partial charge in [-0.25, -0.2) is 4.79 Å². The number of hydrogen-bond acceptors (Lipinski definition) is 5. The van der Waals surface area contributed by atoms with Crippen molar-refractivity contribution in [2.75, 3.05) is 25.6 Å². The summed E-state index contributed by atoms with van der Waals surface area (Å²) in [6, 6.07) is 12.2. The SMILES string of the molecule is CCCCOC(=O)c1cccc(NC(=O)/C=C/c2ccc(OCCC(C)C)c(OC)c2)c1. The lowest BCUT2D eigenvalue weighted by Gasteiger charge is -2.12. The number of ether oxygens (including phenoxy) is 3. The van der Waals surface area contributed by atoms with Gasteiger partial charge < -0.3 is 19.5 Å². The quantitative estimate of drug-likeness (QED) is 0.260. The monoisotopic (exact) mass is 439 g/mol. The van der Waals surface area contributed by atoms with Gasteiger partial charge in [0.15, 0.2) is 11.5 Å². The van der Waals surface area contributed by atoms with Crippen molar-refractivity contribution in [1.29, 1.82) is 0 Å². The van der Waals surface area contributed by atoms with E-state index in [4.69, 9.17) is 14.2 Å². The van der Waals surface area contributed by atoms with Crippen LogP contribution in [-0.4, -0.2) is 32.2 Å². The third kappa shape index (κ3) is 8.46. The smallest absolute Gasteiger partial charge is 0.338 e. The van der Waals surface area contributed by atoms with Crippen LogP contribution in [0.25, 0.3) is 6.08 Å². The minimum Gasteiger partial charge on any atom is -0.493 e. The van der Waals surface area contributed by atoms with E-state index in [2.05, 4.69) is 19.2 Å². The Morgan fingerprint density at radius 1 is 1.06 bits per heavy atom. The molecule has 6 heteroatoms. The lowest BCUT2D eigenvalue weighted by molar-refractivity contribution is -0.111. The van der Waals surface area contributed by atoms with Crippen LogP contribution in [0, 0.1) is 5.92 Å². The zero-order valence-corrected chi connectivity index (χ0v) is 19.4. The molecular formula is C26H33NO5. The van der Waals surface area contributed by atoms with Gasteiger partial charge in [-0.15, -0.1) is 0 Å². The first kappa shape index (κ1) is 25.0. The van der Waals surface area contributed by atoms with Crippen LogP contribution in [-0.2, 0) is 9.53 Å². The first-order chi connectivity index (χ1) is 15.4. The van der Waals surface area contributed by atoms with E-state index < -0.39 is 5.97 Å². The van der Waals surface area contributed by atoms with Crippen LogP contribution in [0.4, 0.5) is 5.69 Å². The second-order valence-electron chi connectivity index (χ2n) is 7.83. The molecule has 0 aliphatic heterocycles. The summed E-state index contributed by atoms with van der Waals surface area (Å²) in [5, 5.41) is 2.76. The second-order valence-corrected chi connectivity index (χ2v) is 7.83. The molecule has 0 heterocycles. The van der Waals surface area contributed by atoms with Crippen molar-refractivity contribution in [3.63, 3.8) is 0 Å². The number of carbonyl (C=O) groups is 2. The normalized spacial score (nSPS) is 10.9. The summed E-state index contributed by atoms with van der Waals surface area (Å²) < 4.78 is 16.4. The van der Waals surface area contributed by atoms with Gasteiger partial charge in [-0.3, -0.25) is 4.79 Å². The molecule has 0 spiro atoms. The van der Waals surface area contributed by atoms with Crippen molar-refractivity contribution in [2.24, 2.45) is 5.92 Å². The number of anilines is 1. The molecule has 172 valence electrons. The first-order valence-corrected chi connectivity index (χ1v) is 11.0. The minimum atomic E-state index is -0.395. The first-order valence-electron chi connectivity index (χ1n) is 11.0. The maximum atomic E-state index is 12.3. The second kappa shape index (κ2) is 13.2. The van der Waals surface area contributed by atoms with Crippen molar-refractivity contribution in [1.82, 2.24) is 0 Å². The predicted molar refractivity (Wildman–Crippen MR) is 127 cm³/mol. The van der Waals surface area contributed by atoms with Gasteiger partial charge in [0.2, 0.25) is 5.91 Å². The summed E-state index contributed by atoms with van der Waals surface area (Å²) in [7, 11) is 1.59. The Hall–Kier alpha value is -3.28. The van der Waals surface area contributed by atoms with Crippen LogP contribution in [0.1, 0.15) is 56.0 Å². The molecule has 0 aromatic heterocycles. The van der Waals surface area contributed by atoms with Crippen LogP contribution >= 0.6 is 0 Å². The van der Waals surface area contributed by atoms with Gasteiger partial charge in [0.05, 0.1) is 25.9 Å². The van der Waals surface area contributed by atoms with E-state index in [0.717, 1.165) is 24.8 Å². The Labute approximate surface area is 190 Å². The van der Waals surface area contributed by atoms with Gasteiger partial charge in [0, 0.05) is 11.8 Å². The van der Waals surface area contributed by atoms with E-state index in [1.54, 1.807) is 37.5 Å². The molecule has 0 aliphatic rings. The van der Waals surface area contributed by atoms with Gasteiger partial charge >= 0.3 is 5.97 Å². The van der Waals surface area contributed by atoms with Gasteiger partial charge in [0.1, 0.15) is 0 Å². The highest BCUT2D eigenvalue weighted by atomic mass is 16.5. The number of unbranched alkanes of at least 4 members (excludes halogenated alkanes) is 1. The molecule has 0 unspecified atom stereocenters. The number of amides is 1. The van der Waals surface area contributed by atoms with Crippen molar-refractivity contribution in [3.8, 4) is 11.5 Å². The number of rotatable bonds is 12. The van der Waals surface area contributed by atoms with Gasteiger partial charge in [-0.2, -0.15) is 0 Å². The summed E-state index contributed by atoms with van der Waals surface area (Å²) in [5.41, 5.74) is 1.73. The summed E-state index contributed by atoms with van der Waals surface area (Å²) in [6.07, 6.45) is 5.86.